The van der Waals surface area contributed by atoms with Gasteiger partial charge >= 0.3 is 0 Å². The van der Waals surface area contributed by atoms with Crippen LogP contribution in [-0.2, 0) is 6.42 Å². The van der Waals surface area contributed by atoms with Crippen molar-refractivity contribution >= 4 is 0 Å². The van der Waals surface area contributed by atoms with Gasteiger partial charge in [0.25, 0.3) is 0 Å². The van der Waals surface area contributed by atoms with E-state index in [2.05, 4.69) is 6.07 Å². The minimum Gasteiger partial charge on any atom is -0.388 e. The van der Waals surface area contributed by atoms with Crippen molar-refractivity contribution in [1.82, 2.24) is 0 Å². The van der Waals surface area contributed by atoms with Gasteiger partial charge in [0.05, 0.1) is 6.10 Å². The number of hydrogen-bond acceptors (Lipinski definition) is 1. The Hall–Kier alpha value is -1.67. The summed E-state index contributed by atoms with van der Waals surface area (Å²) in [6.45, 7) is 0. The van der Waals surface area contributed by atoms with Crippen LogP contribution < -0.4 is 0 Å². The highest BCUT2D eigenvalue weighted by molar-refractivity contribution is 5.35. The Morgan fingerprint density at radius 1 is 1.11 bits per heavy atom. The molecular weight excluding hydrogens is 239 g/mol. The van der Waals surface area contributed by atoms with Gasteiger partial charge in [-0.05, 0) is 47.6 Å². The third-order valence-electron chi connectivity index (χ3n) is 3.69. The Balaban J connectivity index is 1.82. The van der Waals surface area contributed by atoms with Crippen LogP contribution in [0.3, 0.4) is 0 Å². The van der Waals surface area contributed by atoms with Gasteiger partial charge < -0.3 is 5.11 Å². The van der Waals surface area contributed by atoms with Gasteiger partial charge in [0.1, 0.15) is 5.82 Å². The third kappa shape index (κ3) is 2.85. The highest BCUT2D eigenvalue weighted by Gasteiger charge is 2.27. The molecule has 0 bridgehead atoms. The maximum Gasteiger partial charge on any atom is 0.123 e. The maximum atomic E-state index is 13.2. The quantitative estimate of drug-likeness (QED) is 0.877. The standard InChI is InChI=1S/C17H17FO/c18-14-5-3-4-12(10-14)11-17(19)16-7-2-1-6-15(16)13-8-9-13/h1-7,10,13,17,19H,8-9,11H2. The molecule has 98 valence electrons. The summed E-state index contributed by atoms with van der Waals surface area (Å²) in [5.41, 5.74) is 3.08. The molecule has 0 spiro atoms. The molecule has 3 rings (SSSR count). The van der Waals surface area contributed by atoms with Crippen LogP contribution in [0.2, 0.25) is 0 Å². The van der Waals surface area contributed by atoms with E-state index in [1.165, 1.54) is 30.5 Å². The van der Waals surface area contributed by atoms with Gasteiger partial charge in [-0.25, -0.2) is 4.39 Å². The van der Waals surface area contributed by atoms with Crippen molar-refractivity contribution in [2.75, 3.05) is 0 Å². The second-order valence-corrected chi connectivity index (χ2v) is 5.25. The molecule has 0 aliphatic heterocycles. The van der Waals surface area contributed by atoms with E-state index >= 15 is 0 Å². The molecule has 19 heavy (non-hydrogen) atoms. The highest BCUT2D eigenvalue weighted by atomic mass is 19.1. The monoisotopic (exact) mass is 256 g/mol. The van der Waals surface area contributed by atoms with E-state index in [0.29, 0.717) is 12.3 Å². The van der Waals surface area contributed by atoms with Crippen LogP contribution >= 0.6 is 0 Å². The molecule has 1 aliphatic carbocycles. The number of aliphatic hydroxyl groups excluding tert-OH is 1. The zero-order valence-electron chi connectivity index (χ0n) is 10.7. The number of aliphatic hydroxyl groups is 1. The Kier molecular flexibility index (Phi) is 3.34. The summed E-state index contributed by atoms with van der Waals surface area (Å²) in [6, 6.07) is 14.5. The topological polar surface area (TPSA) is 20.2 Å². The molecule has 1 saturated carbocycles. The Bertz CT molecular complexity index is 575. The van der Waals surface area contributed by atoms with Crippen LogP contribution in [0.1, 0.15) is 41.6 Å². The lowest BCUT2D eigenvalue weighted by atomic mass is 9.95. The summed E-state index contributed by atoms with van der Waals surface area (Å²) in [5, 5.41) is 10.4. The van der Waals surface area contributed by atoms with Crippen molar-refractivity contribution in [2.45, 2.75) is 31.3 Å². The number of halogens is 1. The van der Waals surface area contributed by atoms with Crippen molar-refractivity contribution in [1.29, 1.82) is 0 Å². The largest absolute Gasteiger partial charge is 0.388 e. The van der Waals surface area contributed by atoms with Crippen LogP contribution in [0.5, 0.6) is 0 Å². The van der Waals surface area contributed by atoms with Gasteiger partial charge in [0.15, 0.2) is 0 Å². The molecule has 2 aromatic rings. The summed E-state index contributed by atoms with van der Waals surface area (Å²) < 4.78 is 13.2. The first kappa shape index (κ1) is 12.4. The van der Waals surface area contributed by atoms with Gasteiger partial charge in [-0.3, -0.25) is 0 Å². The van der Waals surface area contributed by atoms with Gasteiger partial charge in [-0.15, -0.1) is 0 Å². The molecule has 2 aromatic carbocycles. The molecule has 1 aliphatic rings. The second-order valence-electron chi connectivity index (χ2n) is 5.25. The number of hydrogen-bond donors (Lipinski definition) is 1. The number of rotatable bonds is 4. The fourth-order valence-electron chi connectivity index (χ4n) is 2.58. The highest BCUT2D eigenvalue weighted by Crippen LogP contribution is 2.43. The fraction of sp³-hybridized carbons (Fsp3) is 0.294. The summed E-state index contributed by atoms with van der Waals surface area (Å²) in [5.74, 6) is 0.360. The van der Waals surface area contributed by atoms with Gasteiger partial charge in [0.2, 0.25) is 0 Å². The lowest BCUT2D eigenvalue weighted by Gasteiger charge is -2.15. The molecular formula is C17H17FO. The predicted octanol–water partition coefficient (Wildman–Crippen LogP) is 3.98. The average Bonchev–Trinajstić information content (AvgIpc) is 3.23. The van der Waals surface area contributed by atoms with Gasteiger partial charge in [-0.1, -0.05) is 36.4 Å². The van der Waals surface area contributed by atoms with E-state index in [9.17, 15) is 9.50 Å². The molecule has 1 atom stereocenters. The van der Waals surface area contributed by atoms with E-state index in [0.717, 1.165) is 11.1 Å². The molecule has 2 heteroatoms. The SMILES string of the molecule is OC(Cc1cccc(F)c1)c1ccccc1C1CC1. The zero-order valence-corrected chi connectivity index (χ0v) is 10.7. The fourth-order valence-corrected chi connectivity index (χ4v) is 2.58. The molecule has 0 saturated heterocycles. The smallest absolute Gasteiger partial charge is 0.123 e. The summed E-state index contributed by atoms with van der Waals surface area (Å²) in [6.07, 6.45) is 2.33. The third-order valence-corrected chi connectivity index (χ3v) is 3.69. The summed E-state index contributed by atoms with van der Waals surface area (Å²) in [7, 11) is 0. The predicted molar refractivity (Wildman–Crippen MR) is 73.5 cm³/mol. The van der Waals surface area contributed by atoms with E-state index < -0.39 is 6.10 Å². The Labute approximate surface area is 112 Å². The van der Waals surface area contributed by atoms with Crippen LogP contribution in [0.25, 0.3) is 0 Å². The average molecular weight is 256 g/mol. The zero-order chi connectivity index (χ0) is 13.2. The van der Waals surface area contributed by atoms with Crippen molar-refractivity contribution in [2.24, 2.45) is 0 Å². The van der Waals surface area contributed by atoms with Crippen LogP contribution in [0.15, 0.2) is 48.5 Å². The van der Waals surface area contributed by atoms with Crippen molar-refractivity contribution in [3.8, 4) is 0 Å². The van der Waals surface area contributed by atoms with Crippen molar-refractivity contribution < 1.29 is 9.50 Å². The van der Waals surface area contributed by atoms with Gasteiger partial charge in [-0.2, -0.15) is 0 Å². The lowest BCUT2D eigenvalue weighted by molar-refractivity contribution is 0.177. The normalized spacial score (nSPS) is 16.3. The first-order chi connectivity index (χ1) is 9.24. The molecule has 1 unspecified atom stereocenters. The molecule has 0 aromatic heterocycles. The second kappa shape index (κ2) is 5.14. The summed E-state index contributed by atoms with van der Waals surface area (Å²) >= 11 is 0. The summed E-state index contributed by atoms with van der Waals surface area (Å²) in [4.78, 5) is 0. The van der Waals surface area contributed by atoms with Crippen LogP contribution in [-0.4, -0.2) is 5.11 Å². The Morgan fingerprint density at radius 2 is 1.89 bits per heavy atom. The molecule has 1 N–H and O–H groups in total. The van der Waals surface area contributed by atoms with E-state index in [1.807, 2.05) is 24.3 Å². The Morgan fingerprint density at radius 3 is 2.63 bits per heavy atom. The van der Waals surface area contributed by atoms with Gasteiger partial charge in [0, 0.05) is 6.42 Å². The van der Waals surface area contributed by atoms with E-state index in [4.69, 9.17) is 0 Å². The first-order valence-electron chi connectivity index (χ1n) is 6.75. The molecule has 0 heterocycles. The van der Waals surface area contributed by atoms with E-state index in [1.54, 1.807) is 6.07 Å². The molecule has 1 fully saturated rings. The molecule has 0 amide bonds. The van der Waals surface area contributed by atoms with E-state index in [-0.39, 0.29) is 5.82 Å². The first-order valence-corrected chi connectivity index (χ1v) is 6.75. The molecule has 1 nitrogen and oxygen atoms in total. The van der Waals surface area contributed by atoms with Crippen LogP contribution in [0, 0.1) is 5.82 Å². The lowest BCUT2D eigenvalue weighted by Crippen LogP contribution is -2.05. The maximum absolute atomic E-state index is 13.2. The van der Waals surface area contributed by atoms with Crippen LogP contribution in [0.4, 0.5) is 4.39 Å². The minimum absolute atomic E-state index is 0.250. The number of benzene rings is 2. The minimum atomic E-state index is -0.557. The van der Waals surface area contributed by atoms with Crippen molar-refractivity contribution in [3.05, 3.63) is 71.0 Å². The van der Waals surface area contributed by atoms with Crippen molar-refractivity contribution in [3.63, 3.8) is 0 Å². The molecule has 0 radical (unpaired) electrons.